The number of nitrogens with zero attached hydrogens (tertiary/aromatic N) is 6. The summed E-state index contributed by atoms with van der Waals surface area (Å²) in [6.45, 7) is 4.18. The van der Waals surface area contributed by atoms with Crippen molar-refractivity contribution in [3.8, 4) is 0 Å². The molecule has 25 heavy (non-hydrogen) atoms. The van der Waals surface area contributed by atoms with E-state index in [2.05, 4.69) is 46.4 Å². The van der Waals surface area contributed by atoms with Crippen LogP contribution in [-0.2, 0) is 0 Å². The smallest absolute Gasteiger partial charge is 0.137 e. The summed E-state index contributed by atoms with van der Waals surface area (Å²) in [6, 6.07) is 14.1. The number of fused-ring (bicyclic) bond motifs is 1. The molecular weight excluding hydrogens is 336 g/mol. The number of hydrogen-bond donors (Lipinski definition) is 0. The zero-order chi connectivity index (χ0) is 17.4. The number of aromatic nitrogens is 6. The molecule has 126 valence electrons. The summed E-state index contributed by atoms with van der Waals surface area (Å²) in [5.41, 5.74) is 4.06. The molecule has 0 aliphatic heterocycles. The monoisotopic (exact) mass is 352 g/mol. The van der Waals surface area contributed by atoms with Crippen LogP contribution in [0, 0.1) is 0 Å². The molecule has 1 unspecified atom stereocenters. The maximum absolute atomic E-state index is 6.05. The van der Waals surface area contributed by atoms with E-state index in [-0.39, 0.29) is 12.1 Å². The van der Waals surface area contributed by atoms with E-state index >= 15 is 0 Å². The third-order valence-corrected chi connectivity index (χ3v) is 4.44. The number of hydrogen-bond acceptors (Lipinski definition) is 4. The quantitative estimate of drug-likeness (QED) is 0.559. The molecule has 0 fully saturated rings. The fraction of sp³-hybridized carbons (Fsp3) is 0.222. The average molecular weight is 353 g/mol. The van der Waals surface area contributed by atoms with Gasteiger partial charge in [-0.05, 0) is 49.2 Å². The van der Waals surface area contributed by atoms with Gasteiger partial charge in [-0.15, -0.1) is 5.10 Å². The lowest BCUT2D eigenvalue weighted by molar-refractivity contribution is 0.529. The summed E-state index contributed by atoms with van der Waals surface area (Å²) in [6.07, 6.45) is 3.27. The molecule has 0 N–H and O–H groups in total. The Labute approximate surface area is 150 Å². The van der Waals surface area contributed by atoms with Gasteiger partial charge in [-0.25, -0.2) is 14.3 Å². The second-order valence-corrected chi connectivity index (χ2v) is 6.64. The predicted octanol–water partition coefficient (Wildman–Crippen LogP) is 3.89. The Balaban J connectivity index is 1.88. The first-order valence-electron chi connectivity index (χ1n) is 8.08. The van der Waals surface area contributed by atoms with Crippen molar-refractivity contribution in [2.24, 2.45) is 0 Å². The lowest BCUT2D eigenvalue weighted by atomic mass is 9.98. The van der Waals surface area contributed by atoms with Crippen LogP contribution in [-0.4, -0.2) is 29.8 Å². The molecule has 2 heterocycles. The Morgan fingerprint density at radius 1 is 1.00 bits per heavy atom. The summed E-state index contributed by atoms with van der Waals surface area (Å²) in [5.74, 6) is 0. The van der Waals surface area contributed by atoms with Gasteiger partial charge in [-0.3, -0.25) is 0 Å². The van der Waals surface area contributed by atoms with Crippen LogP contribution in [0.2, 0.25) is 5.02 Å². The second-order valence-electron chi connectivity index (χ2n) is 6.21. The Morgan fingerprint density at radius 2 is 1.76 bits per heavy atom. The largest absolute Gasteiger partial charge is 0.242 e. The van der Waals surface area contributed by atoms with Gasteiger partial charge in [0.25, 0.3) is 0 Å². The van der Waals surface area contributed by atoms with Crippen molar-refractivity contribution in [3.63, 3.8) is 0 Å². The van der Waals surface area contributed by atoms with E-state index < -0.39 is 0 Å². The number of benzene rings is 2. The van der Waals surface area contributed by atoms with Crippen molar-refractivity contribution in [1.82, 2.24) is 29.8 Å². The van der Waals surface area contributed by atoms with Crippen molar-refractivity contribution in [3.05, 3.63) is 71.3 Å². The standard InChI is InChI=1S/C18H17ClN6/c1-12(2)25-17-9-14(5-8-16(17)22-23-25)18(24-11-20-10-21-24)13-3-6-15(19)7-4-13/h3-12,18H,1-2H3. The summed E-state index contributed by atoms with van der Waals surface area (Å²) < 4.78 is 3.77. The highest BCUT2D eigenvalue weighted by atomic mass is 35.5. The van der Waals surface area contributed by atoms with E-state index in [1.807, 2.05) is 39.7 Å². The highest BCUT2D eigenvalue weighted by Gasteiger charge is 2.19. The highest BCUT2D eigenvalue weighted by molar-refractivity contribution is 6.30. The van der Waals surface area contributed by atoms with Crippen LogP contribution < -0.4 is 0 Å². The second kappa shape index (κ2) is 6.29. The Morgan fingerprint density at radius 3 is 2.44 bits per heavy atom. The molecule has 2 aromatic carbocycles. The maximum Gasteiger partial charge on any atom is 0.137 e. The predicted molar refractivity (Wildman–Crippen MR) is 96.6 cm³/mol. The average Bonchev–Trinajstić information content (AvgIpc) is 3.26. The van der Waals surface area contributed by atoms with Crippen molar-refractivity contribution in [2.75, 3.05) is 0 Å². The van der Waals surface area contributed by atoms with E-state index in [1.165, 1.54) is 0 Å². The molecule has 2 aromatic heterocycles. The van der Waals surface area contributed by atoms with E-state index in [9.17, 15) is 0 Å². The normalized spacial score (nSPS) is 12.8. The van der Waals surface area contributed by atoms with Crippen LogP contribution in [0.1, 0.15) is 37.1 Å². The minimum absolute atomic E-state index is 0.0975. The molecule has 0 radical (unpaired) electrons. The van der Waals surface area contributed by atoms with E-state index in [0.29, 0.717) is 5.02 Å². The van der Waals surface area contributed by atoms with Gasteiger partial charge >= 0.3 is 0 Å². The lowest BCUT2D eigenvalue weighted by Gasteiger charge is -2.18. The number of halogens is 1. The van der Waals surface area contributed by atoms with Crippen LogP contribution in [0.4, 0.5) is 0 Å². The van der Waals surface area contributed by atoms with Gasteiger partial charge in [0.1, 0.15) is 24.2 Å². The molecule has 0 aliphatic carbocycles. The van der Waals surface area contributed by atoms with Crippen LogP contribution in [0.3, 0.4) is 0 Å². The SMILES string of the molecule is CC(C)n1nnc2ccc(C(c3ccc(Cl)cc3)n3cncn3)cc21. The van der Waals surface area contributed by atoms with Gasteiger partial charge in [-0.1, -0.05) is 35.0 Å². The van der Waals surface area contributed by atoms with Gasteiger partial charge < -0.3 is 0 Å². The first-order chi connectivity index (χ1) is 12.1. The molecule has 0 saturated heterocycles. The highest BCUT2D eigenvalue weighted by Crippen LogP contribution is 2.29. The van der Waals surface area contributed by atoms with Gasteiger partial charge in [0, 0.05) is 11.1 Å². The van der Waals surface area contributed by atoms with Crippen molar-refractivity contribution >= 4 is 22.6 Å². The molecule has 0 saturated carbocycles. The molecule has 7 heteroatoms. The molecule has 4 rings (SSSR count). The van der Waals surface area contributed by atoms with Crippen molar-refractivity contribution < 1.29 is 0 Å². The van der Waals surface area contributed by atoms with Crippen molar-refractivity contribution in [2.45, 2.75) is 25.9 Å². The van der Waals surface area contributed by atoms with Gasteiger partial charge in [0.15, 0.2) is 0 Å². The molecule has 0 amide bonds. The first kappa shape index (κ1) is 15.8. The minimum Gasteiger partial charge on any atom is -0.242 e. The summed E-state index contributed by atoms with van der Waals surface area (Å²) in [7, 11) is 0. The fourth-order valence-electron chi connectivity index (χ4n) is 3.00. The Bertz CT molecular complexity index is 988. The van der Waals surface area contributed by atoms with Gasteiger partial charge in [0.05, 0.1) is 5.52 Å². The molecule has 6 nitrogen and oxygen atoms in total. The van der Waals surface area contributed by atoms with Crippen LogP contribution >= 0.6 is 11.6 Å². The molecule has 0 spiro atoms. The lowest BCUT2D eigenvalue weighted by Crippen LogP contribution is -2.13. The molecular formula is C18H17ClN6. The molecule has 4 aromatic rings. The van der Waals surface area contributed by atoms with Crippen LogP contribution in [0.15, 0.2) is 55.1 Å². The molecule has 0 bridgehead atoms. The minimum atomic E-state index is -0.0975. The summed E-state index contributed by atoms with van der Waals surface area (Å²) in [4.78, 5) is 4.11. The fourth-order valence-corrected chi connectivity index (χ4v) is 3.12. The zero-order valence-electron chi connectivity index (χ0n) is 13.9. The topological polar surface area (TPSA) is 61.4 Å². The third kappa shape index (κ3) is 2.89. The summed E-state index contributed by atoms with van der Waals surface area (Å²) >= 11 is 6.05. The zero-order valence-corrected chi connectivity index (χ0v) is 14.7. The third-order valence-electron chi connectivity index (χ3n) is 4.19. The molecule has 1 atom stereocenters. The van der Waals surface area contributed by atoms with E-state index in [1.54, 1.807) is 12.7 Å². The van der Waals surface area contributed by atoms with E-state index in [0.717, 1.165) is 22.2 Å². The van der Waals surface area contributed by atoms with Gasteiger partial charge in [-0.2, -0.15) is 5.10 Å². The first-order valence-corrected chi connectivity index (χ1v) is 8.45. The van der Waals surface area contributed by atoms with Gasteiger partial charge in [0.2, 0.25) is 0 Å². The van der Waals surface area contributed by atoms with Crippen LogP contribution in [0.5, 0.6) is 0 Å². The van der Waals surface area contributed by atoms with E-state index in [4.69, 9.17) is 11.6 Å². The Kier molecular flexibility index (Phi) is 3.97. The van der Waals surface area contributed by atoms with Crippen molar-refractivity contribution in [1.29, 1.82) is 0 Å². The number of rotatable bonds is 4. The Hall–Kier alpha value is -2.73. The maximum atomic E-state index is 6.05. The molecule has 0 aliphatic rings. The van der Waals surface area contributed by atoms with Crippen LogP contribution in [0.25, 0.3) is 11.0 Å². The summed E-state index contributed by atoms with van der Waals surface area (Å²) in [5, 5.41) is 13.6.